The van der Waals surface area contributed by atoms with Crippen molar-refractivity contribution in [3.8, 4) is 0 Å². The molecule has 0 spiro atoms. The predicted molar refractivity (Wildman–Crippen MR) is 306 cm³/mol. The topological polar surface area (TPSA) is 208 Å². The first-order valence-corrected chi connectivity index (χ1v) is 32.1. The zero-order chi connectivity index (χ0) is 53.6. The van der Waals surface area contributed by atoms with Crippen molar-refractivity contribution in [2.45, 2.75) is 268 Å². The van der Waals surface area contributed by atoms with Crippen LogP contribution in [0.2, 0.25) is 0 Å². The number of carbonyl (C=O) groups is 5. The van der Waals surface area contributed by atoms with Gasteiger partial charge in [-0.25, -0.2) is 9.36 Å². The minimum Gasteiger partial charge on any atom is -0.462 e. The molecule has 429 valence electrons. The zero-order valence-corrected chi connectivity index (χ0v) is 50.9. The quantitative estimate of drug-likeness (QED) is 0.00963. The minimum atomic E-state index is -4.60. The largest absolute Gasteiger partial charge is 0.472 e. The number of unbranched alkanes of at least 4 members (excludes halogenated alkanes) is 25. The molecule has 75 heavy (non-hydrogen) atoms. The first kappa shape index (κ1) is 71.1. The predicted octanol–water partition coefficient (Wildman–Crippen LogP) is 12.8. The van der Waals surface area contributed by atoms with Crippen LogP contribution in [-0.2, 0) is 42.3 Å². The molecule has 2 rings (SSSR count). The van der Waals surface area contributed by atoms with Gasteiger partial charge in [0.25, 0.3) is 0 Å². The van der Waals surface area contributed by atoms with Crippen LogP contribution in [-0.4, -0.2) is 126 Å². The number of phosphoric ester groups is 1. The number of urea groups is 1. The van der Waals surface area contributed by atoms with Gasteiger partial charge in [0.2, 0.25) is 11.8 Å². The molecule has 0 aromatic rings. The van der Waals surface area contributed by atoms with E-state index in [9.17, 15) is 33.4 Å². The summed E-state index contributed by atoms with van der Waals surface area (Å²) < 4.78 is 34.1. The van der Waals surface area contributed by atoms with E-state index in [1.165, 1.54) is 77.0 Å². The van der Waals surface area contributed by atoms with Gasteiger partial charge in [0, 0.05) is 79.3 Å². The molecule has 18 heteroatoms. The van der Waals surface area contributed by atoms with E-state index >= 15 is 0 Å². The van der Waals surface area contributed by atoms with E-state index in [4.69, 9.17) is 18.5 Å². The van der Waals surface area contributed by atoms with Crippen LogP contribution in [0.5, 0.6) is 0 Å². The van der Waals surface area contributed by atoms with Gasteiger partial charge in [-0.05, 0) is 89.9 Å². The van der Waals surface area contributed by atoms with Crippen LogP contribution in [0.3, 0.4) is 0 Å². The molecule has 2 aliphatic heterocycles. The molecular weight excluding hydrogens is 1000 g/mol. The first-order chi connectivity index (χ1) is 36.0. The average Bonchev–Trinajstić information content (AvgIpc) is 3.94. The van der Waals surface area contributed by atoms with Gasteiger partial charge >= 0.3 is 25.8 Å². The van der Waals surface area contributed by atoms with Gasteiger partial charge in [0.15, 0.2) is 6.10 Å². The van der Waals surface area contributed by atoms with Crippen molar-refractivity contribution in [1.82, 2.24) is 21.3 Å². The van der Waals surface area contributed by atoms with E-state index in [1.807, 2.05) is 11.8 Å². The molecule has 2 saturated heterocycles. The van der Waals surface area contributed by atoms with E-state index in [2.05, 4.69) is 59.4 Å². The van der Waals surface area contributed by atoms with Gasteiger partial charge in [-0.3, -0.25) is 28.2 Å². The molecule has 0 aliphatic carbocycles. The van der Waals surface area contributed by atoms with Crippen molar-refractivity contribution in [2.75, 3.05) is 38.7 Å². The van der Waals surface area contributed by atoms with E-state index in [1.54, 1.807) is 0 Å². The second kappa shape index (κ2) is 49.2. The summed E-state index contributed by atoms with van der Waals surface area (Å²) in [4.78, 5) is 72.1. The monoisotopic (exact) mass is 1110 g/mol. The Labute approximate surface area is 480 Å². The SMILES string of the molecule is CCCCCCCC/C=C\CCCCCCCC(=O)OC[C@H](COP(=O)(O)OCCNC(=O)CCCCCNC(=O)CCCC[C@@H]1SC[C@@H]2NC(=O)N[C@@H]21)OC(=O)CCCCCCC/C=C\CCCCCCCC.[Na]. The molecule has 2 fully saturated rings. The number of nitrogens with one attached hydrogen (secondary N) is 4. The van der Waals surface area contributed by atoms with Gasteiger partial charge in [-0.1, -0.05) is 154 Å². The number of thioether (sulfide) groups is 1. The Bertz CT molecular complexity index is 1600. The van der Waals surface area contributed by atoms with E-state index in [0.29, 0.717) is 37.5 Å². The maximum absolute atomic E-state index is 12.9. The fourth-order valence-electron chi connectivity index (χ4n) is 9.13. The Kier molecular flexibility index (Phi) is 46.6. The second-order valence-corrected chi connectivity index (χ2v) is 23.2. The summed E-state index contributed by atoms with van der Waals surface area (Å²) >= 11 is 1.88. The Hall–Kier alpha value is -1.91. The number of allylic oxidation sites excluding steroid dienone is 4. The van der Waals surface area contributed by atoms with Crippen molar-refractivity contribution in [3.05, 3.63) is 24.3 Å². The summed E-state index contributed by atoms with van der Waals surface area (Å²) in [6, 6.07) is 0.303. The average molecular weight is 1110 g/mol. The van der Waals surface area contributed by atoms with Gasteiger partial charge < -0.3 is 35.6 Å². The van der Waals surface area contributed by atoms with Crippen molar-refractivity contribution >= 4 is 78.9 Å². The normalized spacial score (nSPS) is 17.3. The summed E-state index contributed by atoms with van der Waals surface area (Å²) in [6.07, 6.45) is 43.8. The number of carbonyl (C=O) groups excluding carboxylic acids is 5. The third kappa shape index (κ3) is 41.8. The van der Waals surface area contributed by atoms with Crippen LogP contribution in [0.25, 0.3) is 0 Å². The Morgan fingerprint density at radius 3 is 1.63 bits per heavy atom. The molecule has 0 bridgehead atoms. The molecule has 5 N–H and O–H groups in total. The van der Waals surface area contributed by atoms with Crippen LogP contribution in [0.4, 0.5) is 4.79 Å². The Morgan fingerprint density at radius 2 is 1.07 bits per heavy atom. The van der Waals surface area contributed by atoms with Crippen molar-refractivity contribution in [2.24, 2.45) is 0 Å². The summed E-state index contributed by atoms with van der Waals surface area (Å²) in [5.74, 6) is -0.209. The standard InChI is InChI=1S/C57H103N4O11PS.Na/c1-3-5-7-9-11-13-15-17-19-21-23-25-27-29-33-41-54(64)69-46-49(72-55(65)42-34-30-28-26-24-22-20-18-16-14-12-10-8-6-4-2)47-71-73(67,68)70-45-44-59-53(63)39-32-31-37-43-58-52(62)40-36-35-38-51-56-50(48-74-51)60-57(66)61-56;/h17-20,49-51,56H,3-16,21-48H2,1-2H3,(H,58,62)(H,59,63)(H,67,68)(H2,60,61,66);/b19-17-,20-18-;/t49-,50+,51+,56+;/m1./s1. The molecule has 4 amide bonds. The molecule has 1 unspecified atom stereocenters. The van der Waals surface area contributed by atoms with Gasteiger partial charge in [-0.15, -0.1) is 0 Å². The molecular formula is C57H103N4NaO11PS. The summed E-state index contributed by atoms with van der Waals surface area (Å²) in [7, 11) is -4.60. The smallest absolute Gasteiger partial charge is 0.462 e. The zero-order valence-electron chi connectivity index (χ0n) is 47.2. The Balaban J connectivity index is 0.0000281. The van der Waals surface area contributed by atoms with Crippen molar-refractivity contribution in [3.63, 3.8) is 0 Å². The molecule has 2 aliphatic rings. The number of amides is 4. The maximum atomic E-state index is 12.9. The number of rotatable bonds is 51. The number of fused-ring (bicyclic) bond motifs is 1. The molecule has 0 aromatic carbocycles. The molecule has 5 atom stereocenters. The third-order valence-corrected chi connectivity index (χ3v) is 16.1. The van der Waals surface area contributed by atoms with Crippen LogP contribution < -0.4 is 21.3 Å². The number of hydrogen-bond donors (Lipinski definition) is 5. The fraction of sp³-hybridized carbons (Fsp3) is 0.842. The number of esters is 2. The summed E-state index contributed by atoms with van der Waals surface area (Å²) in [6.45, 7) is 3.89. The van der Waals surface area contributed by atoms with E-state index < -0.39 is 32.5 Å². The number of ether oxygens (including phenoxy) is 2. The third-order valence-electron chi connectivity index (χ3n) is 13.6. The molecule has 2 heterocycles. The van der Waals surface area contributed by atoms with Crippen molar-refractivity contribution < 1.29 is 52.0 Å². The molecule has 1 radical (unpaired) electrons. The second-order valence-electron chi connectivity index (χ2n) is 20.4. The Morgan fingerprint density at radius 1 is 0.600 bits per heavy atom. The molecule has 0 saturated carbocycles. The van der Waals surface area contributed by atoms with Gasteiger partial charge in [0.05, 0.1) is 25.3 Å². The number of phosphoric acid groups is 1. The summed E-state index contributed by atoms with van der Waals surface area (Å²) in [5, 5.41) is 12.0. The van der Waals surface area contributed by atoms with Crippen LogP contribution in [0, 0.1) is 0 Å². The van der Waals surface area contributed by atoms with Crippen LogP contribution in [0.15, 0.2) is 24.3 Å². The number of hydrogen-bond acceptors (Lipinski definition) is 11. The fourth-order valence-corrected chi connectivity index (χ4v) is 11.4. The summed E-state index contributed by atoms with van der Waals surface area (Å²) in [5.41, 5.74) is 0. The van der Waals surface area contributed by atoms with Crippen LogP contribution >= 0.6 is 19.6 Å². The van der Waals surface area contributed by atoms with E-state index in [0.717, 1.165) is 115 Å². The minimum absolute atomic E-state index is 0. The molecule has 15 nitrogen and oxygen atoms in total. The molecule has 0 aromatic heterocycles. The van der Waals surface area contributed by atoms with Crippen molar-refractivity contribution in [1.29, 1.82) is 0 Å². The first-order valence-electron chi connectivity index (χ1n) is 29.5. The van der Waals surface area contributed by atoms with Gasteiger partial charge in [-0.2, -0.15) is 11.8 Å². The van der Waals surface area contributed by atoms with Crippen LogP contribution in [0.1, 0.15) is 245 Å². The van der Waals surface area contributed by atoms with Gasteiger partial charge in [0.1, 0.15) is 6.61 Å². The maximum Gasteiger partial charge on any atom is 0.472 e. The van der Waals surface area contributed by atoms with E-state index in [-0.39, 0.29) is 98.5 Å².